The maximum atomic E-state index is 13.1. The number of Topliss-reactive ketones (excluding diaryl/α,β-unsaturated/α-hetero) is 1. The van der Waals surface area contributed by atoms with Crippen LogP contribution in [0, 0.1) is 5.41 Å². The Hall–Kier alpha value is -2.56. The minimum absolute atomic E-state index is 0.195. The Kier molecular flexibility index (Phi) is 4.42. The van der Waals surface area contributed by atoms with E-state index in [1.54, 1.807) is 4.90 Å². The summed E-state index contributed by atoms with van der Waals surface area (Å²) in [5.74, 6) is -1.06. The third-order valence-electron chi connectivity index (χ3n) is 4.92. The van der Waals surface area contributed by atoms with Gasteiger partial charge in [-0.05, 0) is 12.5 Å². The molecule has 26 heavy (non-hydrogen) atoms. The first-order chi connectivity index (χ1) is 12.2. The number of aliphatic hydroxyl groups excluding tert-OH is 1. The second kappa shape index (κ2) is 6.31. The van der Waals surface area contributed by atoms with Gasteiger partial charge in [-0.1, -0.05) is 45.9 Å². The van der Waals surface area contributed by atoms with Crippen LogP contribution in [0.4, 0.5) is 0 Å². The van der Waals surface area contributed by atoms with E-state index >= 15 is 0 Å². The smallest absolute Gasteiger partial charge is 0.290 e. The van der Waals surface area contributed by atoms with Gasteiger partial charge in [-0.25, -0.2) is 0 Å². The molecule has 0 bridgehead atoms. The van der Waals surface area contributed by atoms with Crippen molar-refractivity contribution < 1.29 is 14.7 Å². The van der Waals surface area contributed by atoms with Crippen LogP contribution in [0.2, 0.25) is 0 Å². The summed E-state index contributed by atoms with van der Waals surface area (Å²) in [5, 5.41) is 11.5. The zero-order chi connectivity index (χ0) is 19.2. The van der Waals surface area contributed by atoms with E-state index in [1.807, 2.05) is 69.8 Å². The predicted octanol–water partition coefficient (Wildman–Crippen LogP) is 3.90. The molecule has 0 saturated heterocycles. The fourth-order valence-corrected chi connectivity index (χ4v) is 3.68. The monoisotopic (exact) mass is 354 g/mol. The van der Waals surface area contributed by atoms with Crippen molar-refractivity contribution in [3.8, 4) is 0 Å². The van der Waals surface area contributed by atoms with E-state index < -0.39 is 23.1 Å². The van der Waals surface area contributed by atoms with Crippen LogP contribution in [0.3, 0.4) is 0 Å². The topological polar surface area (TPSA) is 62.5 Å². The van der Waals surface area contributed by atoms with Crippen LogP contribution in [0.1, 0.15) is 45.7 Å². The number of rotatable bonds is 4. The van der Waals surface area contributed by atoms with Gasteiger partial charge in [-0.3, -0.25) is 9.59 Å². The standard InChI is InChI=1S/C21H26N2O3/c1-6-11-23-17(14-12-22(5)15-10-8-7-9-13(14)15)16(18(24)20(23)26)19(25)21(2,3)4/h7-10,12,17,24H,6,11H2,1-5H3. The Labute approximate surface area is 153 Å². The zero-order valence-corrected chi connectivity index (χ0v) is 16.0. The minimum Gasteiger partial charge on any atom is -0.503 e. The maximum Gasteiger partial charge on any atom is 0.290 e. The van der Waals surface area contributed by atoms with Crippen molar-refractivity contribution in [3.05, 3.63) is 47.4 Å². The molecule has 0 saturated carbocycles. The van der Waals surface area contributed by atoms with Crippen molar-refractivity contribution in [3.63, 3.8) is 0 Å². The molecule has 1 N–H and O–H groups in total. The highest BCUT2D eigenvalue weighted by atomic mass is 16.3. The van der Waals surface area contributed by atoms with Crippen LogP contribution >= 0.6 is 0 Å². The summed E-state index contributed by atoms with van der Waals surface area (Å²) in [6.45, 7) is 7.89. The number of nitrogens with zero attached hydrogens (tertiary/aromatic N) is 2. The number of hydrogen-bond donors (Lipinski definition) is 1. The Morgan fingerprint density at radius 3 is 2.50 bits per heavy atom. The number of carbonyl (C=O) groups excluding carboxylic acids is 2. The third-order valence-corrected chi connectivity index (χ3v) is 4.92. The molecule has 0 spiro atoms. The number of aryl methyl sites for hydroxylation is 1. The van der Waals surface area contributed by atoms with Gasteiger partial charge in [0, 0.05) is 41.7 Å². The molecule has 5 heteroatoms. The van der Waals surface area contributed by atoms with Gasteiger partial charge in [0.25, 0.3) is 5.91 Å². The summed E-state index contributed by atoms with van der Waals surface area (Å²) >= 11 is 0. The molecule has 2 aromatic rings. The molecule has 1 aromatic heterocycles. The first-order valence-electron chi connectivity index (χ1n) is 9.01. The van der Waals surface area contributed by atoms with Crippen LogP contribution in [-0.2, 0) is 16.6 Å². The van der Waals surface area contributed by atoms with Crippen LogP contribution in [0.15, 0.2) is 41.8 Å². The van der Waals surface area contributed by atoms with Crippen molar-refractivity contribution >= 4 is 22.6 Å². The number of ketones is 1. The summed E-state index contributed by atoms with van der Waals surface area (Å²) in [5.41, 5.74) is 1.43. The van der Waals surface area contributed by atoms with Crippen LogP contribution in [0.5, 0.6) is 0 Å². The van der Waals surface area contributed by atoms with E-state index in [0.29, 0.717) is 6.54 Å². The number of aromatic nitrogens is 1. The number of benzene rings is 1. The number of aliphatic hydroxyl groups is 1. The van der Waals surface area contributed by atoms with Gasteiger partial charge in [-0.2, -0.15) is 0 Å². The Morgan fingerprint density at radius 1 is 1.23 bits per heavy atom. The average Bonchev–Trinajstić information content (AvgIpc) is 3.03. The summed E-state index contributed by atoms with van der Waals surface area (Å²) in [7, 11) is 1.95. The normalized spacial score (nSPS) is 18.3. The van der Waals surface area contributed by atoms with Crippen molar-refractivity contribution in [2.45, 2.75) is 40.2 Å². The molecule has 5 nitrogen and oxygen atoms in total. The lowest BCUT2D eigenvalue weighted by molar-refractivity contribution is -0.129. The van der Waals surface area contributed by atoms with Crippen LogP contribution in [-0.4, -0.2) is 32.8 Å². The summed E-state index contributed by atoms with van der Waals surface area (Å²) < 4.78 is 1.99. The van der Waals surface area contributed by atoms with E-state index in [4.69, 9.17) is 0 Å². The Morgan fingerprint density at radius 2 is 1.88 bits per heavy atom. The molecule has 1 aliphatic heterocycles. The molecule has 0 radical (unpaired) electrons. The molecule has 1 aliphatic rings. The fraction of sp³-hybridized carbons (Fsp3) is 0.429. The average molecular weight is 354 g/mol. The molecular formula is C21H26N2O3. The predicted molar refractivity (Wildman–Crippen MR) is 102 cm³/mol. The summed E-state index contributed by atoms with van der Waals surface area (Å²) in [6.07, 6.45) is 2.71. The van der Waals surface area contributed by atoms with Gasteiger partial charge in [0.2, 0.25) is 0 Å². The van der Waals surface area contributed by atoms with E-state index in [0.717, 1.165) is 22.9 Å². The highest BCUT2D eigenvalue weighted by Gasteiger charge is 2.46. The van der Waals surface area contributed by atoms with Gasteiger partial charge in [0.1, 0.15) is 0 Å². The van der Waals surface area contributed by atoms with Gasteiger partial charge in [-0.15, -0.1) is 0 Å². The second-order valence-electron chi connectivity index (χ2n) is 7.95. The molecule has 0 aliphatic carbocycles. The number of para-hydroxylation sites is 1. The van der Waals surface area contributed by atoms with Crippen molar-refractivity contribution in [1.29, 1.82) is 0 Å². The molecular weight excluding hydrogens is 328 g/mol. The Balaban J connectivity index is 2.25. The quantitative estimate of drug-likeness (QED) is 0.906. The summed E-state index contributed by atoms with van der Waals surface area (Å²) in [4.78, 5) is 27.4. The van der Waals surface area contributed by atoms with E-state index in [1.165, 1.54) is 0 Å². The molecule has 1 amide bonds. The van der Waals surface area contributed by atoms with Gasteiger partial charge >= 0.3 is 0 Å². The number of carbonyl (C=O) groups is 2. The highest BCUT2D eigenvalue weighted by Crippen LogP contribution is 2.43. The van der Waals surface area contributed by atoms with Crippen molar-refractivity contribution in [2.24, 2.45) is 12.5 Å². The highest BCUT2D eigenvalue weighted by molar-refractivity contribution is 6.11. The second-order valence-corrected chi connectivity index (χ2v) is 7.95. The molecule has 1 atom stereocenters. The van der Waals surface area contributed by atoms with Crippen LogP contribution in [0.25, 0.3) is 10.9 Å². The van der Waals surface area contributed by atoms with Gasteiger partial charge < -0.3 is 14.6 Å². The number of amides is 1. The lowest BCUT2D eigenvalue weighted by atomic mass is 9.82. The van der Waals surface area contributed by atoms with Crippen LogP contribution < -0.4 is 0 Å². The molecule has 0 fully saturated rings. The van der Waals surface area contributed by atoms with Gasteiger partial charge in [0.05, 0.1) is 11.6 Å². The van der Waals surface area contributed by atoms with Crippen molar-refractivity contribution in [2.75, 3.05) is 6.54 Å². The number of hydrogen-bond acceptors (Lipinski definition) is 3. The van der Waals surface area contributed by atoms with E-state index in [9.17, 15) is 14.7 Å². The molecule has 138 valence electrons. The zero-order valence-electron chi connectivity index (χ0n) is 16.0. The molecule has 1 unspecified atom stereocenters. The first-order valence-corrected chi connectivity index (χ1v) is 9.01. The SMILES string of the molecule is CCCN1C(=O)C(O)=C(C(=O)C(C)(C)C)C1c1cn(C)c2ccccc12. The number of fused-ring (bicyclic) bond motifs is 1. The first kappa shape index (κ1) is 18.2. The molecule has 1 aromatic carbocycles. The summed E-state index contributed by atoms with van der Waals surface area (Å²) in [6, 6.07) is 7.36. The van der Waals surface area contributed by atoms with Gasteiger partial charge in [0.15, 0.2) is 11.5 Å². The van der Waals surface area contributed by atoms with E-state index in [2.05, 4.69) is 0 Å². The van der Waals surface area contributed by atoms with E-state index in [-0.39, 0.29) is 11.4 Å². The molecule has 3 rings (SSSR count). The fourth-order valence-electron chi connectivity index (χ4n) is 3.68. The lowest BCUT2D eigenvalue weighted by Gasteiger charge is -2.28. The van der Waals surface area contributed by atoms with Crippen molar-refractivity contribution in [1.82, 2.24) is 9.47 Å². The lowest BCUT2D eigenvalue weighted by Crippen LogP contribution is -2.33. The third kappa shape index (κ3) is 2.71. The minimum atomic E-state index is -0.686. The Bertz CT molecular complexity index is 915. The maximum absolute atomic E-state index is 13.1. The largest absolute Gasteiger partial charge is 0.503 e. The molecule has 2 heterocycles.